The molecule has 72 heavy (non-hydrogen) atoms. The number of amides is 4. The van der Waals surface area contributed by atoms with Gasteiger partial charge in [0, 0.05) is 60.5 Å². The van der Waals surface area contributed by atoms with Gasteiger partial charge in [0.05, 0.1) is 47.9 Å². The summed E-state index contributed by atoms with van der Waals surface area (Å²) in [6.45, 7) is 12.3. The first-order chi connectivity index (χ1) is 34.6. The highest BCUT2D eigenvalue weighted by molar-refractivity contribution is 8.76. The number of nitrogens with one attached hydrogen (secondary N) is 2. The summed E-state index contributed by atoms with van der Waals surface area (Å²) in [5.74, 6) is -0.256. The molecule has 2 aliphatic rings. The number of aromatic nitrogens is 6. The molecule has 18 heteroatoms. The third-order valence-electron chi connectivity index (χ3n) is 12.3. The molecule has 0 fully saturated rings. The van der Waals surface area contributed by atoms with Crippen molar-refractivity contribution in [1.82, 2.24) is 50.0 Å². The molecule has 4 atom stereocenters. The van der Waals surface area contributed by atoms with Gasteiger partial charge in [-0.2, -0.15) is 10.2 Å². The second-order valence-corrected chi connectivity index (χ2v) is 22.5. The standard InChI is InChI=1S/C54H64N10O6S2/c1-53(2,3)69-51(67)57-43(49(65)61-27-29-63-47(31-41(59-63)39-19-13-25-55-33-39)45(61)23-21-37-15-9-7-10-16-37)35-71-72-36-44(58-52(68)70-54(4,5)6)50(66)62-28-30-64-48(32-42(60-64)40-20-14-26-56-34-40)46(62)24-22-38-17-11-8-12-18-38/h7-20,25-26,31-34,43-46H,21-24,27-30,35-36H2,1-6H3,(H,57,67)(H,58,68)/t43-,44-,45?,46?/m0/s1. The van der Waals surface area contributed by atoms with Gasteiger partial charge in [-0.15, -0.1) is 0 Å². The normalized spacial score (nSPS) is 16.5. The van der Waals surface area contributed by atoms with Crippen molar-refractivity contribution in [3.63, 3.8) is 0 Å². The van der Waals surface area contributed by atoms with Crippen LogP contribution in [-0.4, -0.2) is 111 Å². The summed E-state index contributed by atoms with van der Waals surface area (Å²) in [6.07, 6.45) is 8.20. The topological polar surface area (TPSA) is 179 Å². The highest BCUT2D eigenvalue weighted by atomic mass is 33.1. The smallest absolute Gasteiger partial charge is 0.408 e. The largest absolute Gasteiger partial charge is 0.444 e. The van der Waals surface area contributed by atoms with E-state index in [1.807, 2.05) is 92.0 Å². The SMILES string of the molecule is CC(C)(C)OC(=O)N[C@@H](CSSC[C@H](NC(=O)OC(C)(C)C)C(=O)N1CCn2nc(-c3cccnc3)cc2C1CCc1ccccc1)C(=O)N1CCn2nc(-c3cccnc3)cc2C1CCc1ccccc1. The first kappa shape index (κ1) is 51.7. The van der Waals surface area contributed by atoms with E-state index in [2.05, 4.69) is 44.9 Å². The van der Waals surface area contributed by atoms with Crippen molar-refractivity contribution in [2.75, 3.05) is 24.6 Å². The third-order valence-corrected chi connectivity index (χ3v) is 14.7. The Bertz CT molecular complexity index is 2580. The summed E-state index contributed by atoms with van der Waals surface area (Å²) in [5, 5.41) is 15.7. The first-order valence-electron chi connectivity index (χ1n) is 24.5. The summed E-state index contributed by atoms with van der Waals surface area (Å²) in [5.41, 5.74) is 5.73. The Hall–Kier alpha value is -6.66. The van der Waals surface area contributed by atoms with Crippen LogP contribution in [0.1, 0.15) is 89.0 Å². The average Bonchev–Trinajstić information content (AvgIpc) is 4.01. The van der Waals surface area contributed by atoms with Crippen molar-refractivity contribution < 1.29 is 28.7 Å². The van der Waals surface area contributed by atoms with Gasteiger partial charge in [0.25, 0.3) is 0 Å². The van der Waals surface area contributed by atoms with Crippen LogP contribution in [-0.2, 0) is 45.0 Å². The van der Waals surface area contributed by atoms with Gasteiger partial charge in [0.2, 0.25) is 11.8 Å². The molecular formula is C54H64N10O6S2. The van der Waals surface area contributed by atoms with Gasteiger partial charge in [0.15, 0.2) is 0 Å². The number of benzene rings is 2. The number of carbonyl (C=O) groups is 4. The Labute approximate surface area is 429 Å². The number of ether oxygens (including phenoxy) is 2. The predicted molar refractivity (Wildman–Crippen MR) is 281 cm³/mol. The number of nitrogens with zero attached hydrogens (tertiary/aromatic N) is 8. The molecular weight excluding hydrogens is 949 g/mol. The van der Waals surface area contributed by atoms with Crippen LogP contribution in [0.3, 0.4) is 0 Å². The number of pyridine rings is 2. The minimum absolute atomic E-state index is 0.137. The molecule has 378 valence electrons. The van der Waals surface area contributed by atoms with Gasteiger partial charge < -0.3 is 29.9 Å². The van der Waals surface area contributed by atoms with E-state index in [0.29, 0.717) is 51.9 Å². The van der Waals surface area contributed by atoms with Crippen LogP contribution >= 0.6 is 21.6 Å². The van der Waals surface area contributed by atoms with Gasteiger partial charge in [-0.3, -0.25) is 28.9 Å². The summed E-state index contributed by atoms with van der Waals surface area (Å²) < 4.78 is 15.4. The predicted octanol–water partition coefficient (Wildman–Crippen LogP) is 9.10. The molecule has 6 aromatic rings. The molecule has 4 aromatic heterocycles. The fourth-order valence-electron chi connectivity index (χ4n) is 9.02. The lowest BCUT2D eigenvalue weighted by molar-refractivity contribution is -0.137. The van der Waals surface area contributed by atoms with E-state index in [9.17, 15) is 9.59 Å². The van der Waals surface area contributed by atoms with Gasteiger partial charge in [-0.05, 0) is 115 Å². The molecule has 0 saturated carbocycles. The summed E-state index contributed by atoms with van der Waals surface area (Å²) in [4.78, 5) is 69.5. The molecule has 2 unspecified atom stereocenters. The maximum absolute atomic E-state index is 15.1. The molecule has 4 amide bonds. The van der Waals surface area contributed by atoms with E-state index in [1.54, 1.807) is 66.3 Å². The lowest BCUT2D eigenvalue weighted by Gasteiger charge is -2.38. The monoisotopic (exact) mass is 1010 g/mol. The van der Waals surface area contributed by atoms with E-state index >= 15 is 9.59 Å². The van der Waals surface area contributed by atoms with Crippen molar-refractivity contribution in [3.05, 3.63) is 144 Å². The lowest BCUT2D eigenvalue weighted by Crippen LogP contribution is -2.54. The maximum Gasteiger partial charge on any atom is 0.408 e. The number of rotatable bonds is 17. The minimum atomic E-state index is -1.00. The Kier molecular flexibility index (Phi) is 16.7. The summed E-state index contributed by atoms with van der Waals surface area (Å²) in [7, 11) is 2.67. The zero-order valence-corrected chi connectivity index (χ0v) is 43.4. The van der Waals surface area contributed by atoms with E-state index in [1.165, 1.54) is 21.6 Å². The van der Waals surface area contributed by atoms with Crippen molar-refractivity contribution in [1.29, 1.82) is 0 Å². The van der Waals surface area contributed by atoms with Crippen LogP contribution in [0.15, 0.2) is 122 Å². The molecule has 0 aliphatic carbocycles. The van der Waals surface area contributed by atoms with Crippen molar-refractivity contribution in [2.24, 2.45) is 0 Å². The highest BCUT2D eigenvalue weighted by Gasteiger charge is 2.39. The molecule has 0 radical (unpaired) electrons. The van der Waals surface area contributed by atoms with E-state index in [4.69, 9.17) is 19.7 Å². The third kappa shape index (κ3) is 13.6. The van der Waals surface area contributed by atoms with Crippen LogP contribution < -0.4 is 10.6 Å². The molecule has 2 N–H and O–H groups in total. The molecule has 0 saturated heterocycles. The maximum atomic E-state index is 15.1. The lowest BCUT2D eigenvalue weighted by atomic mass is 9.98. The van der Waals surface area contributed by atoms with E-state index < -0.39 is 35.5 Å². The van der Waals surface area contributed by atoms with Crippen LogP contribution in [0, 0.1) is 0 Å². The molecule has 2 aromatic carbocycles. The molecule has 2 aliphatic heterocycles. The van der Waals surface area contributed by atoms with Crippen LogP contribution in [0.5, 0.6) is 0 Å². The number of carbonyl (C=O) groups excluding carboxylic acids is 4. The minimum Gasteiger partial charge on any atom is -0.444 e. The van der Waals surface area contributed by atoms with Crippen molar-refractivity contribution in [3.8, 4) is 22.5 Å². The van der Waals surface area contributed by atoms with Gasteiger partial charge in [0.1, 0.15) is 23.3 Å². The Morgan fingerprint density at radius 1 is 0.583 bits per heavy atom. The van der Waals surface area contributed by atoms with Gasteiger partial charge >= 0.3 is 12.2 Å². The van der Waals surface area contributed by atoms with Crippen molar-refractivity contribution in [2.45, 2.75) is 116 Å². The zero-order valence-electron chi connectivity index (χ0n) is 41.8. The Morgan fingerprint density at radius 2 is 0.986 bits per heavy atom. The van der Waals surface area contributed by atoms with E-state index in [0.717, 1.165) is 45.0 Å². The average molecular weight is 1010 g/mol. The van der Waals surface area contributed by atoms with Crippen molar-refractivity contribution >= 4 is 45.6 Å². The number of alkyl carbamates (subject to hydrolysis) is 2. The number of hydrogen-bond acceptors (Lipinski definition) is 12. The van der Waals surface area contributed by atoms with Crippen LogP contribution in [0.4, 0.5) is 9.59 Å². The fourth-order valence-corrected chi connectivity index (χ4v) is 11.3. The number of fused-ring (bicyclic) bond motifs is 2. The van der Waals surface area contributed by atoms with Crippen LogP contribution in [0.2, 0.25) is 0 Å². The quantitative estimate of drug-likeness (QED) is 0.0655. The van der Waals surface area contributed by atoms with E-state index in [-0.39, 0.29) is 35.4 Å². The zero-order chi connectivity index (χ0) is 50.8. The molecule has 0 bridgehead atoms. The molecule has 6 heterocycles. The molecule has 16 nitrogen and oxygen atoms in total. The number of aryl methyl sites for hydroxylation is 2. The molecule has 8 rings (SSSR count). The second kappa shape index (κ2) is 23.3. The van der Waals surface area contributed by atoms with Crippen LogP contribution in [0.25, 0.3) is 22.5 Å². The molecule has 0 spiro atoms. The Balaban J connectivity index is 1.03. The number of hydrogen-bond donors (Lipinski definition) is 2. The van der Waals surface area contributed by atoms with Gasteiger partial charge in [-0.25, -0.2) is 9.59 Å². The fraction of sp³-hybridized carbons (Fsp3) is 0.407. The highest BCUT2D eigenvalue weighted by Crippen LogP contribution is 2.36. The summed E-state index contributed by atoms with van der Waals surface area (Å²) >= 11 is 0. The Morgan fingerprint density at radius 3 is 1.35 bits per heavy atom. The second-order valence-electron chi connectivity index (χ2n) is 19.9. The first-order valence-corrected chi connectivity index (χ1v) is 27.0. The summed E-state index contributed by atoms with van der Waals surface area (Å²) in [6, 6.07) is 29.3. The van der Waals surface area contributed by atoms with Gasteiger partial charge in [-0.1, -0.05) is 82.3 Å².